The summed E-state index contributed by atoms with van der Waals surface area (Å²) < 4.78 is 49.5. The summed E-state index contributed by atoms with van der Waals surface area (Å²) in [4.78, 5) is 0. The molecular weight excluding hydrogens is 258 g/mol. The van der Waals surface area contributed by atoms with E-state index >= 15 is 0 Å². The topological polar surface area (TPSA) is 12.0 Å². The van der Waals surface area contributed by atoms with Gasteiger partial charge in [0.15, 0.2) is 0 Å². The molecule has 0 fully saturated rings. The molecule has 1 unspecified atom stereocenters. The summed E-state index contributed by atoms with van der Waals surface area (Å²) in [6, 6.07) is 5.66. The molecule has 0 amide bonds. The van der Waals surface area contributed by atoms with Crippen molar-refractivity contribution in [2.75, 3.05) is 6.54 Å². The smallest absolute Gasteiger partial charge is 0.314 e. The summed E-state index contributed by atoms with van der Waals surface area (Å²) in [6.07, 6.45) is -3.53. The van der Waals surface area contributed by atoms with Crippen LogP contribution in [0.4, 0.5) is 17.6 Å². The number of nitrogens with one attached hydrogen (secondary N) is 1. The summed E-state index contributed by atoms with van der Waals surface area (Å²) in [5.41, 5.74) is 0.845. The van der Waals surface area contributed by atoms with Gasteiger partial charge in [0, 0.05) is 12.5 Å². The van der Waals surface area contributed by atoms with Gasteiger partial charge in [0.2, 0.25) is 0 Å². The Morgan fingerprint density at radius 1 is 1.16 bits per heavy atom. The average molecular weight is 277 g/mol. The van der Waals surface area contributed by atoms with Crippen molar-refractivity contribution >= 4 is 0 Å². The molecule has 0 aliphatic heterocycles. The van der Waals surface area contributed by atoms with E-state index in [1.807, 2.05) is 6.92 Å². The van der Waals surface area contributed by atoms with Gasteiger partial charge in [0.05, 0.1) is 0 Å². The van der Waals surface area contributed by atoms with Gasteiger partial charge in [0.25, 0.3) is 0 Å². The highest BCUT2D eigenvalue weighted by atomic mass is 19.4. The van der Waals surface area contributed by atoms with Crippen LogP contribution in [0.3, 0.4) is 0 Å². The SMILES string of the molecule is CCCNC(CCC(F)(F)F)Cc1ccc(F)cc1. The predicted molar refractivity (Wildman–Crippen MR) is 67.5 cm³/mol. The van der Waals surface area contributed by atoms with Gasteiger partial charge < -0.3 is 5.32 Å². The first-order valence-electron chi connectivity index (χ1n) is 6.45. The number of halogens is 4. The Morgan fingerprint density at radius 2 is 1.79 bits per heavy atom. The van der Waals surface area contributed by atoms with Gasteiger partial charge >= 0.3 is 6.18 Å². The molecule has 5 heteroatoms. The van der Waals surface area contributed by atoms with Crippen molar-refractivity contribution in [3.05, 3.63) is 35.6 Å². The number of alkyl halides is 3. The van der Waals surface area contributed by atoms with E-state index in [9.17, 15) is 17.6 Å². The highest BCUT2D eigenvalue weighted by molar-refractivity contribution is 5.17. The number of hydrogen-bond donors (Lipinski definition) is 1. The molecule has 1 rings (SSSR count). The molecular formula is C14H19F4N. The van der Waals surface area contributed by atoms with Crippen molar-refractivity contribution in [2.24, 2.45) is 0 Å². The molecule has 1 atom stereocenters. The van der Waals surface area contributed by atoms with Gasteiger partial charge in [-0.15, -0.1) is 0 Å². The van der Waals surface area contributed by atoms with Crippen molar-refractivity contribution in [3.63, 3.8) is 0 Å². The van der Waals surface area contributed by atoms with Crippen LogP contribution >= 0.6 is 0 Å². The maximum Gasteiger partial charge on any atom is 0.389 e. The van der Waals surface area contributed by atoms with Crippen LogP contribution in [-0.4, -0.2) is 18.8 Å². The molecule has 0 radical (unpaired) electrons. The van der Waals surface area contributed by atoms with Crippen LogP contribution in [0.1, 0.15) is 31.7 Å². The summed E-state index contributed by atoms with van der Waals surface area (Å²) in [5.74, 6) is -0.336. The fourth-order valence-electron chi connectivity index (χ4n) is 1.87. The van der Waals surface area contributed by atoms with Gasteiger partial charge in [-0.1, -0.05) is 19.1 Å². The second kappa shape index (κ2) is 7.48. The van der Waals surface area contributed by atoms with E-state index < -0.39 is 12.6 Å². The molecule has 1 aromatic rings. The van der Waals surface area contributed by atoms with Crippen molar-refractivity contribution in [1.82, 2.24) is 5.32 Å². The second-order valence-electron chi connectivity index (χ2n) is 4.64. The minimum absolute atomic E-state index is 0.0425. The Bertz CT molecular complexity index is 359. The fraction of sp³-hybridized carbons (Fsp3) is 0.571. The first-order chi connectivity index (χ1) is 8.90. The third kappa shape index (κ3) is 7.15. The summed E-state index contributed by atoms with van der Waals surface area (Å²) in [6.45, 7) is 2.65. The Labute approximate surface area is 111 Å². The van der Waals surface area contributed by atoms with Gasteiger partial charge in [-0.05, 0) is 43.5 Å². The zero-order valence-corrected chi connectivity index (χ0v) is 10.9. The van der Waals surface area contributed by atoms with Crippen LogP contribution in [0.2, 0.25) is 0 Å². The van der Waals surface area contributed by atoms with Crippen molar-refractivity contribution in [1.29, 1.82) is 0 Å². The molecule has 19 heavy (non-hydrogen) atoms. The average Bonchev–Trinajstić information content (AvgIpc) is 2.34. The van der Waals surface area contributed by atoms with Crippen molar-refractivity contribution in [2.45, 2.75) is 44.8 Å². The molecule has 0 bridgehead atoms. The van der Waals surface area contributed by atoms with Crippen LogP contribution in [-0.2, 0) is 6.42 Å². The summed E-state index contributed by atoms with van der Waals surface area (Å²) >= 11 is 0. The quantitative estimate of drug-likeness (QED) is 0.740. The summed E-state index contributed by atoms with van der Waals surface area (Å²) in [5, 5.41) is 3.11. The molecule has 1 N–H and O–H groups in total. The maximum atomic E-state index is 12.8. The lowest BCUT2D eigenvalue weighted by molar-refractivity contribution is -0.136. The zero-order valence-electron chi connectivity index (χ0n) is 10.9. The first kappa shape index (κ1) is 16.0. The lowest BCUT2D eigenvalue weighted by atomic mass is 10.0. The molecule has 0 saturated heterocycles. The van der Waals surface area contributed by atoms with E-state index in [1.54, 1.807) is 12.1 Å². The van der Waals surface area contributed by atoms with Crippen LogP contribution in [0.15, 0.2) is 24.3 Å². The second-order valence-corrected chi connectivity index (χ2v) is 4.64. The first-order valence-corrected chi connectivity index (χ1v) is 6.45. The lowest BCUT2D eigenvalue weighted by Gasteiger charge is -2.19. The van der Waals surface area contributed by atoms with E-state index in [2.05, 4.69) is 5.32 Å². The number of hydrogen-bond acceptors (Lipinski definition) is 1. The molecule has 1 aromatic carbocycles. The molecule has 0 aliphatic rings. The fourth-order valence-corrected chi connectivity index (χ4v) is 1.87. The van der Waals surface area contributed by atoms with E-state index in [1.165, 1.54) is 12.1 Å². The van der Waals surface area contributed by atoms with E-state index in [0.717, 1.165) is 12.0 Å². The largest absolute Gasteiger partial charge is 0.389 e. The Morgan fingerprint density at radius 3 is 2.32 bits per heavy atom. The van der Waals surface area contributed by atoms with Gasteiger partial charge in [-0.25, -0.2) is 4.39 Å². The van der Waals surface area contributed by atoms with Gasteiger partial charge in [-0.3, -0.25) is 0 Å². The van der Waals surface area contributed by atoms with Gasteiger partial charge in [-0.2, -0.15) is 13.2 Å². The predicted octanol–water partition coefficient (Wildman–Crippen LogP) is 4.08. The lowest BCUT2D eigenvalue weighted by Crippen LogP contribution is -2.33. The highest BCUT2D eigenvalue weighted by Gasteiger charge is 2.28. The van der Waals surface area contributed by atoms with Crippen molar-refractivity contribution < 1.29 is 17.6 Å². The maximum absolute atomic E-state index is 12.8. The summed E-state index contributed by atoms with van der Waals surface area (Å²) in [7, 11) is 0. The van der Waals surface area contributed by atoms with Crippen LogP contribution < -0.4 is 5.32 Å². The molecule has 108 valence electrons. The minimum atomic E-state index is -4.13. The Balaban J connectivity index is 2.55. The zero-order chi connectivity index (χ0) is 14.3. The Hall–Kier alpha value is -1.10. The van der Waals surface area contributed by atoms with E-state index in [-0.39, 0.29) is 18.3 Å². The Kier molecular flexibility index (Phi) is 6.28. The molecule has 0 heterocycles. The van der Waals surface area contributed by atoms with Gasteiger partial charge in [0.1, 0.15) is 5.82 Å². The van der Waals surface area contributed by atoms with Crippen LogP contribution in [0.25, 0.3) is 0 Å². The number of benzene rings is 1. The third-order valence-electron chi connectivity index (χ3n) is 2.85. The molecule has 0 aromatic heterocycles. The minimum Gasteiger partial charge on any atom is -0.314 e. The third-order valence-corrected chi connectivity index (χ3v) is 2.85. The normalized spacial score (nSPS) is 13.5. The highest BCUT2D eigenvalue weighted by Crippen LogP contribution is 2.23. The molecule has 0 spiro atoms. The molecule has 1 nitrogen and oxygen atoms in total. The van der Waals surface area contributed by atoms with Crippen LogP contribution in [0.5, 0.6) is 0 Å². The molecule has 0 saturated carbocycles. The van der Waals surface area contributed by atoms with E-state index in [4.69, 9.17) is 0 Å². The monoisotopic (exact) mass is 277 g/mol. The number of rotatable bonds is 7. The van der Waals surface area contributed by atoms with Crippen LogP contribution in [0, 0.1) is 5.82 Å². The van der Waals surface area contributed by atoms with Crippen molar-refractivity contribution in [3.8, 4) is 0 Å². The molecule has 0 aliphatic carbocycles. The standard InChI is InChI=1S/C14H19F4N/c1-2-9-19-13(7-8-14(16,17)18)10-11-3-5-12(15)6-4-11/h3-6,13,19H,2,7-10H2,1H3. The van der Waals surface area contributed by atoms with E-state index in [0.29, 0.717) is 13.0 Å².